The molecular weight excluding hydrogens is 777 g/mol. The molecule has 0 saturated carbocycles. The molecule has 0 fully saturated rings. The van der Waals surface area contributed by atoms with E-state index in [-0.39, 0.29) is 51.5 Å². The molecule has 9 amide bonds. The van der Waals surface area contributed by atoms with Gasteiger partial charge in [0.25, 0.3) is 0 Å². The first-order valence-electron chi connectivity index (χ1n) is 17.9. The summed E-state index contributed by atoms with van der Waals surface area (Å²) >= 11 is 2.72. The van der Waals surface area contributed by atoms with Gasteiger partial charge >= 0.3 is 5.97 Å². The zero-order valence-electron chi connectivity index (χ0n) is 32.0. The maximum atomic E-state index is 13.8. The van der Waals surface area contributed by atoms with Crippen LogP contribution in [-0.2, 0) is 47.9 Å². The fourth-order valence-corrected chi connectivity index (χ4v) is 5.98. The van der Waals surface area contributed by atoms with E-state index in [1.165, 1.54) is 23.5 Å². The van der Waals surface area contributed by atoms with Crippen LogP contribution in [0.3, 0.4) is 0 Å². The van der Waals surface area contributed by atoms with Gasteiger partial charge in [-0.2, -0.15) is 23.5 Å². The third-order valence-electron chi connectivity index (χ3n) is 8.06. The molecule has 0 spiro atoms. The second kappa shape index (κ2) is 28.7. The van der Waals surface area contributed by atoms with E-state index in [2.05, 4.69) is 31.9 Å². The third kappa shape index (κ3) is 22.7. The molecule has 15 N–H and O–H groups in total. The second-order valence-electron chi connectivity index (χ2n) is 12.8. The van der Waals surface area contributed by atoms with E-state index in [0.717, 1.165) is 6.92 Å². The standard InChI is InChI=1S/C33H58N10O11S2/c1-18(44)38-21(8-11-26(36)46)30(51)41-22(9-12-27(47)48)31(52)43-24(14-17-56-3)33(54)40-20(6-4-5-15-34)29(50)42-23(13-16-55-2)32(53)39-19(28(37)49)7-10-25(35)45/h19-24H,4-17,34H2,1-3H3,(H2,35,45)(H2,36,46)(H2,37,49)(H,38,44)(H,39,53)(H,40,54)(H,41,51)(H,42,50)(H,43,52)(H,47,48)/t19-,20-,21-,22-,23-,24-/m0/s1. The number of carbonyl (C=O) groups excluding carboxylic acids is 9. The van der Waals surface area contributed by atoms with E-state index in [9.17, 15) is 53.1 Å². The monoisotopic (exact) mass is 834 g/mol. The maximum absolute atomic E-state index is 13.8. The molecule has 0 radical (unpaired) electrons. The molecule has 0 aliphatic carbocycles. The summed E-state index contributed by atoms with van der Waals surface area (Å²) in [6.07, 6.45) is 2.76. The van der Waals surface area contributed by atoms with Crippen LogP contribution in [0.4, 0.5) is 0 Å². The van der Waals surface area contributed by atoms with Gasteiger partial charge in [-0.05, 0) is 81.9 Å². The molecule has 23 heteroatoms. The van der Waals surface area contributed by atoms with Gasteiger partial charge in [0.15, 0.2) is 0 Å². The minimum absolute atomic E-state index is 0.0428. The Bertz CT molecular complexity index is 1370. The van der Waals surface area contributed by atoms with Gasteiger partial charge in [0.2, 0.25) is 53.2 Å². The summed E-state index contributed by atoms with van der Waals surface area (Å²) in [7, 11) is 0. The highest BCUT2D eigenvalue weighted by atomic mass is 32.2. The Kier molecular flexibility index (Phi) is 26.3. The molecule has 0 aromatic carbocycles. The zero-order chi connectivity index (χ0) is 42.8. The molecule has 21 nitrogen and oxygen atoms in total. The second-order valence-corrected chi connectivity index (χ2v) is 14.7. The van der Waals surface area contributed by atoms with Crippen molar-refractivity contribution in [2.75, 3.05) is 30.6 Å². The Hall–Kier alpha value is -4.64. The third-order valence-corrected chi connectivity index (χ3v) is 9.35. The molecule has 0 aromatic rings. The van der Waals surface area contributed by atoms with Gasteiger partial charge in [0, 0.05) is 26.2 Å². The van der Waals surface area contributed by atoms with Crippen LogP contribution >= 0.6 is 23.5 Å². The smallest absolute Gasteiger partial charge is 0.303 e. The lowest BCUT2D eigenvalue weighted by Crippen LogP contribution is -2.59. The predicted octanol–water partition coefficient (Wildman–Crippen LogP) is -3.57. The van der Waals surface area contributed by atoms with Crippen LogP contribution in [0.1, 0.15) is 77.6 Å². The average molecular weight is 835 g/mol. The highest BCUT2D eigenvalue weighted by Crippen LogP contribution is 2.10. The van der Waals surface area contributed by atoms with Crippen molar-refractivity contribution < 1.29 is 53.1 Å². The Balaban J connectivity index is 6.34. The Morgan fingerprint density at radius 1 is 0.500 bits per heavy atom. The van der Waals surface area contributed by atoms with E-state index in [0.29, 0.717) is 24.3 Å². The van der Waals surface area contributed by atoms with Gasteiger partial charge in [0.05, 0.1) is 0 Å². The number of amides is 9. The molecular formula is C33H58N10O11S2. The van der Waals surface area contributed by atoms with Gasteiger partial charge in [-0.15, -0.1) is 0 Å². The van der Waals surface area contributed by atoms with Crippen molar-refractivity contribution in [2.24, 2.45) is 22.9 Å². The van der Waals surface area contributed by atoms with Crippen molar-refractivity contribution in [3.8, 4) is 0 Å². The van der Waals surface area contributed by atoms with Crippen molar-refractivity contribution in [2.45, 2.75) is 114 Å². The molecule has 0 aliphatic heterocycles. The first-order valence-corrected chi connectivity index (χ1v) is 20.7. The van der Waals surface area contributed by atoms with E-state index in [4.69, 9.17) is 22.9 Å². The molecule has 56 heavy (non-hydrogen) atoms. The first kappa shape index (κ1) is 51.4. The molecule has 0 heterocycles. The Morgan fingerprint density at radius 2 is 0.839 bits per heavy atom. The molecule has 0 aromatic heterocycles. The number of hydrogen-bond donors (Lipinski definition) is 11. The number of hydrogen-bond acceptors (Lipinski definition) is 13. The van der Waals surface area contributed by atoms with Crippen molar-refractivity contribution in [1.29, 1.82) is 0 Å². The number of nitrogens with two attached hydrogens (primary N) is 4. The molecule has 0 rings (SSSR count). The molecule has 6 atom stereocenters. The summed E-state index contributed by atoms with van der Waals surface area (Å²) in [5.74, 6) is -7.68. The van der Waals surface area contributed by atoms with Crippen LogP contribution in [0.25, 0.3) is 0 Å². The van der Waals surface area contributed by atoms with Gasteiger partial charge in [-0.3, -0.25) is 47.9 Å². The molecule has 0 aliphatic rings. The summed E-state index contributed by atoms with van der Waals surface area (Å²) in [5.41, 5.74) is 21.4. The Labute approximate surface area is 334 Å². The average Bonchev–Trinajstić information content (AvgIpc) is 3.12. The zero-order valence-corrected chi connectivity index (χ0v) is 33.7. The van der Waals surface area contributed by atoms with Crippen LogP contribution in [-0.4, -0.2) is 131 Å². The first-order chi connectivity index (χ1) is 26.4. The van der Waals surface area contributed by atoms with Gasteiger partial charge in [-0.1, -0.05) is 0 Å². The number of thioether (sulfide) groups is 2. The van der Waals surface area contributed by atoms with Crippen molar-refractivity contribution in [3.63, 3.8) is 0 Å². The van der Waals surface area contributed by atoms with Crippen LogP contribution in [0, 0.1) is 0 Å². The Morgan fingerprint density at radius 3 is 1.18 bits per heavy atom. The van der Waals surface area contributed by atoms with E-state index in [1.54, 1.807) is 12.5 Å². The van der Waals surface area contributed by atoms with Crippen molar-refractivity contribution >= 4 is 82.7 Å². The molecule has 0 saturated heterocycles. The number of primary amides is 3. The van der Waals surface area contributed by atoms with E-state index >= 15 is 0 Å². The topological polar surface area (TPSA) is 367 Å². The lowest BCUT2D eigenvalue weighted by atomic mass is 10.0. The van der Waals surface area contributed by atoms with Crippen LogP contribution in [0.5, 0.6) is 0 Å². The quantitative estimate of drug-likeness (QED) is 0.0301. The lowest BCUT2D eigenvalue weighted by Gasteiger charge is -2.27. The summed E-state index contributed by atoms with van der Waals surface area (Å²) in [4.78, 5) is 125. The minimum atomic E-state index is -1.50. The number of aliphatic carboxylic acids is 1. The number of nitrogens with one attached hydrogen (secondary N) is 6. The lowest BCUT2D eigenvalue weighted by molar-refractivity contribution is -0.138. The number of unbranched alkanes of at least 4 members (excludes halogenated alkanes) is 1. The summed E-state index contributed by atoms with van der Waals surface area (Å²) in [6.45, 7) is 1.41. The van der Waals surface area contributed by atoms with Crippen LogP contribution in [0.2, 0.25) is 0 Å². The number of rotatable bonds is 31. The summed E-state index contributed by atoms with van der Waals surface area (Å²) in [5, 5.41) is 24.3. The minimum Gasteiger partial charge on any atom is -0.481 e. The largest absolute Gasteiger partial charge is 0.481 e. The fraction of sp³-hybridized carbons (Fsp3) is 0.697. The van der Waals surface area contributed by atoms with Gasteiger partial charge in [0.1, 0.15) is 36.3 Å². The summed E-state index contributed by atoms with van der Waals surface area (Å²) in [6, 6.07) is -7.75. The highest BCUT2D eigenvalue weighted by molar-refractivity contribution is 7.98. The highest BCUT2D eigenvalue weighted by Gasteiger charge is 2.33. The number of carboxylic acids is 1. The van der Waals surface area contributed by atoms with Crippen LogP contribution in [0.15, 0.2) is 0 Å². The molecule has 0 unspecified atom stereocenters. The number of carbonyl (C=O) groups is 10. The predicted molar refractivity (Wildman–Crippen MR) is 209 cm³/mol. The van der Waals surface area contributed by atoms with E-state index < -0.39 is 108 Å². The van der Waals surface area contributed by atoms with Crippen molar-refractivity contribution in [3.05, 3.63) is 0 Å². The molecule has 0 bridgehead atoms. The van der Waals surface area contributed by atoms with Gasteiger partial charge < -0.3 is 59.9 Å². The maximum Gasteiger partial charge on any atom is 0.303 e. The fourth-order valence-electron chi connectivity index (χ4n) is 5.04. The number of carboxylic acid groups (broad SMARTS) is 1. The van der Waals surface area contributed by atoms with Crippen molar-refractivity contribution in [1.82, 2.24) is 31.9 Å². The van der Waals surface area contributed by atoms with E-state index in [1.807, 2.05) is 0 Å². The normalized spacial score (nSPS) is 14.0. The SMILES string of the molecule is CSCC[C@H](NC(=O)[C@H](CCCCN)NC(=O)[C@H](CCSC)NC(=O)[C@H](CCC(=O)O)NC(=O)[C@H](CCC(N)=O)NC(C)=O)C(=O)N[C@@H](CCC(N)=O)C(N)=O. The van der Waals surface area contributed by atoms with Gasteiger partial charge in [-0.25, -0.2) is 0 Å². The summed E-state index contributed by atoms with van der Waals surface area (Å²) < 4.78 is 0. The molecule has 318 valence electrons. The van der Waals surface area contributed by atoms with Crippen LogP contribution < -0.4 is 54.8 Å².